The van der Waals surface area contributed by atoms with Crippen LogP contribution in [0.5, 0.6) is 0 Å². The fraction of sp³-hybridized carbons (Fsp3) is 1.00. The number of nitrogens with zero attached hydrogens (tertiary/aromatic N) is 1. The van der Waals surface area contributed by atoms with Gasteiger partial charge in [-0.3, -0.25) is 5.73 Å². The fourth-order valence-corrected chi connectivity index (χ4v) is 2.12. The second kappa shape index (κ2) is 4.17. The zero-order valence-corrected chi connectivity index (χ0v) is 11.2. The van der Waals surface area contributed by atoms with E-state index < -0.39 is 13.7 Å². The molecule has 0 aliphatic carbocycles. The van der Waals surface area contributed by atoms with Gasteiger partial charge in [-0.25, -0.2) is 0 Å². The molecule has 0 spiro atoms. The van der Waals surface area contributed by atoms with Gasteiger partial charge in [-0.2, -0.15) is 0 Å². The number of quaternary nitrogens is 1. The molecule has 2 rings (SSSR count). The Morgan fingerprint density at radius 2 is 1.42 bits per heavy atom. The molecule has 0 aromatic carbocycles. The summed E-state index contributed by atoms with van der Waals surface area (Å²) in [6.07, 6.45) is 0. The summed E-state index contributed by atoms with van der Waals surface area (Å²) >= 11 is 0. The van der Waals surface area contributed by atoms with E-state index in [1.54, 1.807) is 0 Å². The van der Waals surface area contributed by atoms with E-state index in [2.05, 4.69) is 6.92 Å². The van der Waals surface area contributed by atoms with E-state index in [1.165, 1.54) is 0 Å². The van der Waals surface area contributed by atoms with Crippen molar-refractivity contribution in [3.8, 4) is 0 Å². The molecule has 2 N–H and O–H groups in total. The van der Waals surface area contributed by atoms with Crippen molar-refractivity contribution in [2.45, 2.75) is 12.8 Å². The number of fused-ring (bicyclic) bond motifs is 2. The molecule has 0 unspecified atom stereocenters. The monoisotopic (exact) mass is 318 g/mol. The summed E-state index contributed by atoms with van der Waals surface area (Å²) in [5, 5.41) is 0. The summed E-state index contributed by atoms with van der Waals surface area (Å²) in [4.78, 5) is 0. The third kappa shape index (κ3) is 7.26. The topological polar surface area (TPSA) is 44.5 Å². The van der Waals surface area contributed by atoms with Gasteiger partial charge in [0.25, 0.3) is 5.91 Å². The van der Waals surface area contributed by atoms with Crippen LogP contribution in [-0.4, -0.2) is 49.8 Å². The zero-order valence-electron chi connectivity index (χ0n) is 10.3. The minimum absolute atomic E-state index is 0.727. The second-order valence-corrected chi connectivity index (χ2v) is 6.65. The first-order valence-electron chi connectivity index (χ1n) is 5.61. The van der Waals surface area contributed by atoms with Gasteiger partial charge in [0.1, 0.15) is 32.8 Å². The molecule has 0 radical (unpaired) electrons. The van der Waals surface area contributed by atoms with Gasteiger partial charge in [0.2, 0.25) is 0 Å². The van der Waals surface area contributed by atoms with Crippen molar-refractivity contribution >= 4 is 7.81 Å². The van der Waals surface area contributed by atoms with E-state index in [0.29, 0.717) is 0 Å². The van der Waals surface area contributed by atoms with E-state index in [-0.39, 0.29) is 0 Å². The van der Waals surface area contributed by atoms with E-state index in [9.17, 15) is 25.2 Å². The number of rotatable bonds is 1. The number of halogens is 6. The Morgan fingerprint density at radius 1 is 1.05 bits per heavy atom. The Bertz CT molecular complexity index is 324. The first-order chi connectivity index (χ1) is 8.13. The molecule has 2 bridgehead atoms. The fourth-order valence-electron chi connectivity index (χ4n) is 2.12. The van der Waals surface area contributed by atoms with Crippen molar-refractivity contribution in [3.63, 3.8) is 0 Å². The van der Waals surface area contributed by atoms with Crippen molar-refractivity contribution in [2.75, 3.05) is 39.4 Å². The quantitative estimate of drug-likeness (QED) is 0.459. The molecule has 19 heavy (non-hydrogen) atoms. The predicted molar refractivity (Wildman–Crippen MR) is 57.8 cm³/mol. The van der Waals surface area contributed by atoms with Gasteiger partial charge in [0.15, 0.2) is 0 Å². The van der Waals surface area contributed by atoms with Gasteiger partial charge in [0.05, 0.1) is 6.54 Å². The second-order valence-electron chi connectivity index (χ2n) is 4.73. The Hall–Kier alpha value is -0.150. The molecule has 2 aliphatic heterocycles. The minimum atomic E-state index is -10.7. The summed E-state index contributed by atoms with van der Waals surface area (Å²) in [7, 11) is -10.7. The number of ether oxygens (including phenoxy) is 2. The molecule has 11 heteroatoms. The first kappa shape index (κ1) is 16.9. The molecule has 118 valence electrons. The summed E-state index contributed by atoms with van der Waals surface area (Å²) in [6, 6.07) is 0. The van der Waals surface area contributed by atoms with E-state index >= 15 is 0 Å². The maximum absolute atomic E-state index is 10.7. The Balaban J connectivity index is 0.000000224. The zero-order chi connectivity index (χ0) is 15.1. The van der Waals surface area contributed by atoms with Crippen LogP contribution < -0.4 is 5.73 Å². The van der Waals surface area contributed by atoms with E-state index in [0.717, 1.165) is 43.9 Å². The van der Waals surface area contributed by atoms with Gasteiger partial charge < -0.3 is 14.0 Å². The molecule has 0 aromatic heterocycles. The van der Waals surface area contributed by atoms with Crippen LogP contribution in [-0.2, 0) is 9.47 Å². The van der Waals surface area contributed by atoms with Gasteiger partial charge >= 0.3 is 33.0 Å². The van der Waals surface area contributed by atoms with Gasteiger partial charge in [-0.15, -0.1) is 0 Å². The maximum atomic E-state index is 9.87. The molecular formula is C8H17F6N2O2P. The Kier molecular flexibility index (Phi) is 3.71. The number of morpholine rings is 2. The SMILES string of the molecule is CC[N+]12CCOC(N)(C1)OCC2.F[P-](F)(F)(F)(F)F. The van der Waals surface area contributed by atoms with Gasteiger partial charge in [0, 0.05) is 0 Å². The predicted octanol–water partition coefficient (Wildman–Crippen LogP) is 2.88. The van der Waals surface area contributed by atoms with Crippen LogP contribution in [0.1, 0.15) is 6.92 Å². The van der Waals surface area contributed by atoms with Crippen molar-refractivity contribution < 1.29 is 39.1 Å². The molecule has 2 saturated heterocycles. The van der Waals surface area contributed by atoms with Crippen LogP contribution in [0, 0.1) is 0 Å². The summed E-state index contributed by atoms with van der Waals surface area (Å²) in [5.41, 5.74) is 5.90. The average Bonchev–Trinajstić information content (AvgIpc) is 2.11. The molecule has 0 saturated carbocycles. The number of hydrogen-bond donors (Lipinski definition) is 1. The van der Waals surface area contributed by atoms with Crippen molar-refractivity contribution in [3.05, 3.63) is 0 Å². The number of nitrogens with two attached hydrogens (primary N) is 1. The number of hydrogen-bond acceptors (Lipinski definition) is 3. The van der Waals surface area contributed by atoms with Crippen LogP contribution in [0.3, 0.4) is 0 Å². The van der Waals surface area contributed by atoms with Crippen LogP contribution in [0.2, 0.25) is 0 Å². The molecule has 2 aliphatic rings. The van der Waals surface area contributed by atoms with E-state index in [4.69, 9.17) is 15.2 Å². The Morgan fingerprint density at radius 3 is 1.68 bits per heavy atom. The molecule has 2 heterocycles. The van der Waals surface area contributed by atoms with Crippen molar-refractivity contribution in [2.24, 2.45) is 5.73 Å². The third-order valence-electron chi connectivity index (χ3n) is 3.05. The molecule has 4 nitrogen and oxygen atoms in total. The number of likely N-dealkylation sites (N-methyl/N-ethyl adjacent to an activating group) is 1. The van der Waals surface area contributed by atoms with Crippen LogP contribution >= 0.6 is 7.81 Å². The molecular weight excluding hydrogens is 301 g/mol. The average molecular weight is 318 g/mol. The van der Waals surface area contributed by atoms with Crippen molar-refractivity contribution in [1.82, 2.24) is 0 Å². The summed E-state index contributed by atoms with van der Waals surface area (Å²) < 4.78 is 71.1. The van der Waals surface area contributed by atoms with Crippen LogP contribution in [0.4, 0.5) is 25.2 Å². The standard InChI is InChI=1S/C8H17N2O2.F6P/c1-2-10-3-5-11-8(9,7-10)12-6-4-10;1-7(2,3,4,5)6/h2-7,9H2,1H3;/q+1;-1. The Labute approximate surface area is 106 Å². The van der Waals surface area contributed by atoms with Crippen molar-refractivity contribution in [1.29, 1.82) is 0 Å². The summed E-state index contributed by atoms with van der Waals surface area (Å²) in [6.45, 7) is 7.76. The van der Waals surface area contributed by atoms with E-state index in [1.807, 2.05) is 0 Å². The molecule has 2 fully saturated rings. The van der Waals surface area contributed by atoms with Crippen LogP contribution in [0.25, 0.3) is 0 Å². The first-order valence-corrected chi connectivity index (χ1v) is 7.64. The molecule has 0 amide bonds. The summed E-state index contributed by atoms with van der Waals surface area (Å²) in [5.74, 6) is -0.785. The van der Waals surface area contributed by atoms with Crippen LogP contribution in [0.15, 0.2) is 0 Å². The normalized spacial score (nSPS) is 38.5. The molecule has 0 atom stereocenters. The van der Waals surface area contributed by atoms with Gasteiger partial charge in [-0.05, 0) is 6.92 Å². The van der Waals surface area contributed by atoms with Gasteiger partial charge in [-0.1, -0.05) is 0 Å². The third-order valence-corrected chi connectivity index (χ3v) is 3.05. The molecule has 0 aromatic rings.